The maximum atomic E-state index is 5.81. The van der Waals surface area contributed by atoms with Gasteiger partial charge in [-0.25, -0.2) is 4.99 Å². The van der Waals surface area contributed by atoms with Crippen LogP contribution in [0.15, 0.2) is 29.3 Å². The van der Waals surface area contributed by atoms with E-state index in [0.717, 1.165) is 12.2 Å². The summed E-state index contributed by atoms with van der Waals surface area (Å²) in [7, 11) is 1.66. The first-order valence-corrected chi connectivity index (χ1v) is 6.86. The predicted molar refractivity (Wildman–Crippen MR) is 97.0 cm³/mol. The number of rotatable bonds is 8. The second kappa shape index (κ2) is 11.8. The number of hydrogen-bond donors (Lipinski definition) is 2. The van der Waals surface area contributed by atoms with Crippen molar-refractivity contribution in [1.82, 2.24) is 5.32 Å². The maximum absolute atomic E-state index is 5.81. The lowest BCUT2D eigenvalue weighted by Gasteiger charge is -2.13. The summed E-state index contributed by atoms with van der Waals surface area (Å²) in [6.07, 6.45) is 0. The lowest BCUT2D eigenvalue weighted by Crippen LogP contribution is -2.40. The van der Waals surface area contributed by atoms with Gasteiger partial charge in [0.2, 0.25) is 0 Å². The second-order valence-electron chi connectivity index (χ2n) is 4.66. The van der Waals surface area contributed by atoms with E-state index in [9.17, 15) is 0 Å². The van der Waals surface area contributed by atoms with Crippen molar-refractivity contribution >= 4 is 29.9 Å². The molecule has 1 aromatic carbocycles. The zero-order valence-corrected chi connectivity index (χ0v) is 15.3. The number of guanidine groups is 1. The van der Waals surface area contributed by atoms with Crippen molar-refractivity contribution in [3.63, 3.8) is 0 Å². The summed E-state index contributed by atoms with van der Waals surface area (Å²) in [6, 6.07) is 8.35. The fourth-order valence-corrected chi connectivity index (χ4v) is 1.73. The Balaban J connectivity index is 0.00000400. The Hall–Kier alpha value is -0.860. The summed E-state index contributed by atoms with van der Waals surface area (Å²) in [5.74, 6) is 0.438. The number of methoxy groups -OCH3 is 1. The Morgan fingerprint density at radius 1 is 1.29 bits per heavy atom. The molecule has 3 N–H and O–H groups in total. The van der Waals surface area contributed by atoms with Gasteiger partial charge in [-0.1, -0.05) is 24.3 Å². The van der Waals surface area contributed by atoms with E-state index in [1.807, 2.05) is 26.0 Å². The van der Waals surface area contributed by atoms with Crippen LogP contribution in [-0.4, -0.2) is 32.3 Å². The van der Waals surface area contributed by atoms with Gasteiger partial charge in [0, 0.05) is 19.8 Å². The van der Waals surface area contributed by atoms with Gasteiger partial charge in [-0.15, -0.1) is 24.0 Å². The normalized spacial score (nSPS) is 12.6. The maximum Gasteiger partial charge on any atom is 0.189 e. The molecule has 0 radical (unpaired) electrons. The molecule has 5 nitrogen and oxygen atoms in total. The van der Waals surface area contributed by atoms with Gasteiger partial charge in [0.25, 0.3) is 0 Å². The summed E-state index contributed by atoms with van der Waals surface area (Å²) in [5, 5.41) is 3.07. The van der Waals surface area contributed by atoms with E-state index in [1.54, 1.807) is 7.11 Å². The molecule has 0 spiro atoms. The highest BCUT2D eigenvalue weighted by molar-refractivity contribution is 14.0. The number of nitrogens with two attached hydrogens (primary N) is 1. The first kappa shape index (κ1) is 20.1. The molecule has 0 aromatic heterocycles. The Morgan fingerprint density at radius 3 is 2.48 bits per heavy atom. The molecular weight excluding hydrogens is 381 g/mol. The van der Waals surface area contributed by atoms with E-state index in [1.165, 1.54) is 5.56 Å². The van der Waals surface area contributed by atoms with Crippen molar-refractivity contribution < 1.29 is 9.47 Å². The third kappa shape index (κ3) is 8.90. The molecule has 0 saturated carbocycles. The minimum atomic E-state index is 0. The standard InChI is InChI=1S/C15H25N3O2.HI/c1-4-20-11-14-7-5-13(6-8-14)9-17-15(16)18-12(2)10-19-3;/h5-8,12H,4,9-11H2,1-3H3,(H3,16,17,18);1H. The molecule has 0 saturated heterocycles. The molecule has 0 fully saturated rings. The van der Waals surface area contributed by atoms with Crippen LogP contribution >= 0.6 is 24.0 Å². The number of hydrogen-bond acceptors (Lipinski definition) is 3. The third-order valence-electron chi connectivity index (χ3n) is 2.74. The molecule has 0 aliphatic rings. The van der Waals surface area contributed by atoms with E-state index in [-0.39, 0.29) is 30.0 Å². The topological polar surface area (TPSA) is 68.9 Å². The number of ether oxygens (including phenoxy) is 2. The fraction of sp³-hybridized carbons (Fsp3) is 0.533. The minimum absolute atomic E-state index is 0. The van der Waals surface area contributed by atoms with Gasteiger partial charge in [0.15, 0.2) is 5.96 Å². The van der Waals surface area contributed by atoms with Crippen molar-refractivity contribution in [2.45, 2.75) is 33.0 Å². The summed E-state index contributed by atoms with van der Waals surface area (Å²) >= 11 is 0. The van der Waals surface area contributed by atoms with Crippen molar-refractivity contribution in [1.29, 1.82) is 0 Å². The van der Waals surface area contributed by atoms with Gasteiger partial charge in [0.05, 0.1) is 19.8 Å². The molecule has 21 heavy (non-hydrogen) atoms. The first-order chi connectivity index (χ1) is 9.65. The van der Waals surface area contributed by atoms with E-state index >= 15 is 0 Å². The molecule has 1 aromatic rings. The third-order valence-corrected chi connectivity index (χ3v) is 2.74. The molecule has 120 valence electrons. The number of benzene rings is 1. The molecule has 0 bridgehead atoms. The molecule has 0 amide bonds. The average Bonchev–Trinajstić information content (AvgIpc) is 2.44. The Labute approximate surface area is 144 Å². The zero-order valence-electron chi connectivity index (χ0n) is 13.0. The predicted octanol–water partition coefficient (Wildman–Crippen LogP) is 2.28. The average molecular weight is 407 g/mol. The van der Waals surface area contributed by atoms with Crippen LogP contribution in [-0.2, 0) is 22.6 Å². The van der Waals surface area contributed by atoms with E-state index in [2.05, 4.69) is 22.4 Å². The highest BCUT2D eigenvalue weighted by atomic mass is 127. The number of nitrogens with one attached hydrogen (secondary N) is 1. The summed E-state index contributed by atoms with van der Waals surface area (Å²) in [6.45, 7) is 6.53. The van der Waals surface area contributed by atoms with Gasteiger partial charge in [-0.3, -0.25) is 0 Å². The van der Waals surface area contributed by atoms with Crippen LogP contribution in [0.3, 0.4) is 0 Å². The van der Waals surface area contributed by atoms with Gasteiger partial charge in [0.1, 0.15) is 0 Å². The Bertz CT molecular complexity index is 410. The van der Waals surface area contributed by atoms with E-state index < -0.39 is 0 Å². The second-order valence-corrected chi connectivity index (χ2v) is 4.66. The van der Waals surface area contributed by atoms with Crippen LogP contribution < -0.4 is 11.1 Å². The van der Waals surface area contributed by atoms with Gasteiger partial charge >= 0.3 is 0 Å². The monoisotopic (exact) mass is 407 g/mol. The van der Waals surface area contributed by atoms with E-state index in [0.29, 0.717) is 25.7 Å². The van der Waals surface area contributed by atoms with Gasteiger partial charge in [-0.05, 0) is 25.0 Å². The number of nitrogens with zero attached hydrogens (tertiary/aromatic N) is 1. The number of aliphatic imine (C=N–C) groups is 1. The SMILES string of the molecule is CCOCc1ccc(CN=C(N)NC(C)COC)cc1.I. The summed E-state index contributed by atoms with van der Waals surface area (Å²) < 4.78 is 10.4. The van der Waals surface area contributed by atoms with Crippen molar-refractivity contribution in [2.24, 2.45) is 10.7 Å². The van der Waals surface area contributed by atoms with Crippen LogP contribution in [0.25, 0.3) is 0 Å². The Morgan fingerprint density at radius 2 is 1.90 bits per heavy atom. The van der Waals surface area contributed by atoms with Gasteiger partial charge in [-0.2, -0.15) is 0 Å². The van der Waals surface area contributed by atoms with Crippen LogP contribution in [0.4, 0.5) is 0 Å². The minimum Gasteiger partial charge on any atom is -0.383 e. The van der Waals surface area contributed by atoms with Crippen molar-refractivity contribution in [3.8, 4) is 0 Å². The molecule has 1 atom stereocenters. The lowest BCUT2D eigenvalue weighted by atomic mass is 10.1. The summed E-state index contributed by atoms with van der Waals surface area (Å²) in [4.78, 5) is 4.30. The highest BCUT2D eigenvalue weighted by Crippen LogP contribution is 2.06. The zero-order chi connectivity index (χ0) is 14.8. The molecule has 1 rings (SSSR count). The smallest absolute Gasteiger partial charge is 0.189 e. The Kier molecular flexibility index (Phi) is 11.3. The van der Waals surface area contributed by atoms with Crippen LogP contribution in [0.2, 0.25) is 0 Å². The van der Waals surface area contributed by atoms with Crippen molar-refractivity contribution in [2.75, 3.05) is 20.3 Å². The molecular formula is C15H26IN3O2. The van der Waals surface area contributed by atoms with Crippen LogP contribution in [0.5, 0.6) is 0 Å². The molecule has 0 aliphatic carbocycles. The lowest BCUT2D eigenvalue weighted by molar-refractivity contribution is 0.134. The molecule has 6 heteroatoms. The van der Waals surface area contributed by atoms with E-state index in [4.69, 9.17) is 15.2 Å². The molecule has 0 heterocycles. The van der Waals surface area contributed by atoms with Crippen LogP contribution in [0, 0.1) is 0 Å². The quantitative estimate of drug-likeness (QED) is 0.394. The molecule has 1 unspecified atom stereocenters. The van der Waals surface area contributed by atoms with Crippen molar-refractivity contribution in [3.05, 3.63) is 35.4 Å². The largest absolute Gasteiger partial charge is 0.383 e. The van der Waals surface area contributed by atoms with Crippen LogP contribution in [0.1, 0.15) is 25.0 Å². The first-order valence-electron chi connectivity index (χ1n) is 6.86. The number of halogens is 1. The van der Waals surface area contributed by atoms with Gasteiger partial charge < -0.3 is 20.5 Å². The fourth-order valence-electron chi connectivity index (χ4n) is 1.73. The molecule has 0 aliphatic heterocycles. The highest BCUT2D eigenvalue weighted by Gasteiger charge is 2.01. The summed E-state index contributed by atoms with van der Waals surface area (Å²) in [5.41, 5.74) is 8.10.